The molecule has 0 saturated carbocycles. The van der Waals surface area contributed by atoms with Crippen LogP contribution in [0.4, 0.5) is 26.3 Å². The summed E-state index contributed by atoms with van der Waals surface area (Å²) in [6.07, 6.45) is -6.41. The Labute approximate surface area is 74.5 Å². The van der Waals surface area contributed by atoms with Crippen LogP contribution in [-0.2, 0) is 10.1 Å². The molecule has 1 N–H and O–H groups in total. The third-order valence-electron chi connectivity index (χ3n) is 1.40. The van der Waals surface area contributed by atoms with Crippen LogP contribution >= 0.6 is 0 Å². The topological polar surface area (TPSA) is 54.4 Å². The molecular weight excluding hydrogens is 242 g/mol. The highest BCUT2D eigenvalue weighted by molar-refractivity contribution is 7.87. The fourth-order valence-electron chi connectivity index (χ4n) is 0.415. The molecule has 10 heteroatoms. The third kappa shape index (κ3) is 1.80. The molecule has 0 aromatic rings. The zero-order chi connectivity index (χ0) is 12.0. The van der Waals surface area contributed by atoms with E-state index in [0.29, 0.717) is 0 Å². The summed E-state index contributed by atoms with van der Waals surface area (Å²) in [6, 6.07) is 0. The van der Waals surface area contributed by atoms with Gasteiger partial charge in [-0.2, -0.15) is 30.4 Å². The van der Waals surface area contributed by atoms with E-state index in [4.69, 9.17) is 4.55 Å². The smallest absolute Gasteiger partial charge is 0.283 e. The van der Waals surface area contributed by atoms with Crippen molar-refractivity contribution in [2.24, 2.45) is 0 Å². The van der Waals surface area contributed by atoms with Crippen molar-refractivity contribution in [3.05, 3.63) is 0 Å². The van der Waals surface area contributed by atoms with Gasteiger partial charge in [0, 0.05) is 0 Å². The molecule has 0 saturated heterocycles. The van der Waals surface area contributed by atoms with Crippen molar-refractivity contribution in [2.75, 3.05) is 0 Å². The largest absolute Gasteiger partial charge is 0.458 e. The highest BCUT2D eigenvalue weighted by Crippen LogP contribution is 2.47. The summed E-state index contributed by atoms with van der Waals surface area (Å²) in [5.41, 5.74) is 0. The first-order valence-electron chi connectivity index (χ1n) is 2.85. The molecule has 14 heavy (non-hydrogen) atoms. The van der Waals surface area contributed by atoms with Crippen LogP contribution in [0, 0.1) is 0 Å². The van der Waals surface area contributed by atoms with Gasteiger partial charge >= 0.3 is 27.2 Å². The SMILES string of the molecule is CC(F)(C(F)(F)C(F)(F)F)S(=O)(=O)O. The van der Waals surface area contributed by atoms with Crippen LogP contribution in [0.15, 0.2) is 0 Å². The van der Waals surface area contributed by atoms with E-state index in [-0.39, 0.29) is 0 Å². The van der Waals surface area contributed by atoms with Gasteiger partial charge in [0.15, 0.2) is 0 Å². The van der Waals surface area contributed by atoms with Crippen LogP contribution in [0.5, 0.6) is 0 Å². The quantitative estimate of drug-likeness (QED) is 0.596. The molecule has 0 spiro atoms. The lowest BCUT2D eigenvalue weighted by molar-refractivity contribution is -0.309. The summed E-state index contributed by atoms with van der Waals surface area (Å²) < 4.78 is 99.1. The van der Waals surface area contributed by atoms with Gasteiger partial charge < -0.3 is 0 Å². The van der Waals surface area contributed by atoms with Crippen LogP contribution in [0.2, 0.25) is 0 Å². The maximum atomic E-state index is 12.6. The zero-order valence-electron chi connectivity index (χ0n) is 6.44. The molecule has 0 fully saturated rings. The highest BCUT2D eigenvalue weighted by Gasteiger charge is 2.74. The first kappa shape index (κ1) is 13.5. The summed E-state index contributed by atoms with van der Waals surface area (Å²) in [4.78, 5) is 0. The van der Waals surface area contributed by atoms with E-state index < -0.39 is 34.1 Å². The number of alkyl halides is 6. The Kier molecular flexibility index (Phi) is 2.88. The zero-order valence-corrected chi connectivity index (χ0v) is 7.26. The summed E-state index contributed by atoms with van der Waals surface area (Å²) >= 11 is 0. The van der Waals surface area contributed by atoms with E-state index in [1.165, 1.54) is 0 Å². The van der Waals surface area contributed by atoms with Crippen LogP contribution in [-0.4, -0.2) is 30.1 Å². The van der Waals surface area contributed by atoms with Crippen molar-refractivity contribution in [2.45, 2.75) is 24.0 Å². The Bertz CT molecular complexity index is 314. The van der Waals surface area contributed by atoms with E-state index in [1.807, 2.05) is 0 Å². The second-order valence-corrected chi connectivity index (χ2v) is 4.18. The van der Waals surface area contributed by atoms with Gasteiger partial charge in [0.05, 0.1) is 0 Å². The molecule has 1 atom stereocenters. The lowest BCUT2D eigenvalue weighted by Gasteiger charge is -2.28. The van der Waals surface area contributed by atoms with Gasteiger partial charge in [-0.05, 0) is 6.92 Å². The lowest BCUT2D eigenvalue weighted by atomic mass is 10.2. The van der Waals surface area contributed by atoms with Crippen LogP contribution in [0.25, 0.3) is 0 Å². The minimum Gasteiger partial charge on any atom is -0.283 e. The van der Waals surface area contributed by atoms with E-state index in [1.54, 1.807) is 0 Å². The molecule has 0 aliphatic heterocycles. The van der Waals surface area contributed by atoms with Crippen LogP contribution < -0.4 is 0 Å². The standard InChI is InChI=1S/C4H4F6O3S/c1-2(5,14(11,12)13)3(6,7)4(8,9)10/h1H3,(H,11,12,13). The predicted octanol–water partition coefficient (Wildman–Crippen LogP) is 1.76. The molecule has 0 aromatic heterocycles. The molecule has 0 rings (SSSR count). The van der Waals surface area contributed by atoms with Crippen LogP contribution in [0.3, 0.4) is 0 Å². The van der Waals surface area contributed by atoms with E-state index in [9.17, 15) is 34.8 Å². The summed E-state index contributed by atoms with van der Waals surface area (Å²) in [6.45, 7) is -0.574. The molecular formula is C4H4F6O3S. The van der Waals surface area contributed by atoms with E-state index in [0.717, 1.165) is 0 Å². The number of rotatable bonds is 2. The summed E-state index contributed by atoms with van der Waals surface area (Å²) in [5.74, 6) is -6.19. The second kappa shape index (κ2) is 2.99. The van der Waals surface area contributed by atoms with Gasteiger partial charge in [-0.25, -0.2) is 4.39 Å². The van der Waals surface area contributed by atoms with E-state index >= 15 is 0 Å². The maximum absolute atomic E-state index is 12.6. The normalized spacial score (nSPS) is 19.1. The number of hydrogen-bond donors (Lipinski definition) is 1. The monoisotopic (exact) mass is 246 g/mol. The lowest BCUT2D eigenvalue weighted by Crippen LogP contribution is -2.56. The Morgan fingerprint density at radius 2 is 1.29 bits per heavy atom. The average Bonchev–Trinajstić information content (AvgIpc) is 1.81. The van der Waals surface area contributed by atoms with Crippen molar-refractivity contribution in [3.8, 4) is 0 Å². The molecule has 86 valence electrons. The molecule has 0 heterocycles. The van der Waals surface area contributed by atoms with Crippen molar-refractivity contribution >= 4 is 10.1 Å². The predicted molar refractivity (Wildman–Crippen MR) is 32.1 cm³/mol. The molecule has 0 amide bonds. The molecule has 0 bridgehead atoms. The van der Waals surface area contributed by atoms with Gasteiger partial charge in [-0.3, -0.25) is 4.55 Å². The van der Waals surface area contributed by atoms with Gasteiger partial charge in [0.25, 0.3) is 0 Å². The highest BCUT2D eigenvalue weighted by atomic mass is 32.2. The Morgan fingerprint density at radius 1 is 1.00 bits per heavy atom. The fraction of sp³-hybridized carbons (Fsp3) is 1.00. The molecule has 1 unspecified atom stereocenters. The number of halogens is 6. The molecule has 0 aliphatic rings. The molecule has 0 radical (unpaired) electrons. The van der Waals surface area contributed by atoms with Crippen molar-refractivity contribution < 1.29 is 39.3 Å². The Morgan fingerprint density at radius 3 is 1.36 bits per heavy atom. The Hall–Kier alpha value is -0.510. The average molecular weight is 246 g/mol. The minimum atomic E-state index is -6.41. The molecule has 0 aromatic carbocycles. The van der Waals surface area contributed by atoms with Gasteiger partial charge in [-0.15, -0.1) is 0 Å². The summed E-state index contributed by atoms with van der Waals surface area (Å²) in [7, 11) is -6.18. The maximum Gasteiger partial charge on any atom is 0.458 e. The number of hydrogen-bond acceptors (Lipinski definition) is 2. The van der Waals surface area contributed by atoms with Crippen molar-refractivity contribution in [1.82, 2.24) is 0 Å². The fourth-order valence-corrected chi connectivity index (χ4v) is 0.855. The second-order valence-electron chi connectivity index (χ2n) is 2.46. The van der Waals surface area contributed by atoms with Gasteiger partial charge in [0.2, 0.25) is 0 Å². The third-order valence-corrected chi connectivity index (χ3v) is 2.63. The first-order chi connectivity index (χ1) is 5.75. The van der Waals surface area contributed by atoms with E-state index in [2.05, 4.69) is 0 Å². The van der Waals surface area contributed by atoms with Crippen molar-refractivity contribution in [3.63, 3.8) is 0 Å². The van der Waals surface area contributed by atoms with Gasteiger partial charge in [-0.1, -0.05) is 0 Å². The van der Waals surface area contributed by atoms with Crippen LogP contribution in [0.1, 0.15) is 6.92 Å². The van der Waals surface area contributed by atoms with Crippen molar-refractivity contribution in [1.29, 1.82) is 0 Å². The Balaban J connectivity index is 5.54. The summed E-state index contributed by atoms with van der Waals surface area (Å²) in [5, 5.41) is -5.11. The molecule has 0 aliphatic carbocycles. The first-order valence-corrected chi connectivity index (χ1v) is 4.29. The minimum absolute atomic E-state index is 0.574. The molecule has 3 nitrogen and oxygen atoms in total. The van der Waals surface area contributed by atoms with Gasteiger partial charge in [0.1, 0.15) is 0 Å².